The van der Waals surface area contributed by atoms with Crippen molar-refractivity contribution in [3.8, 4) is 0 Å². The van der Waals surface area contributed by atoms with E-state index in [0.29, 0.717) is 19.8 Å². The minimum Gasteiger partial charge on any atom is -0.377 e. The van der Waals surface area contributed by atoms with Gasteiger partial charge >= 0.3 is 6.03 Å². The molecule has 0 bridgehead atoms. The summed E-state index contributed by atoms with van der Waals surface area (Å²) in [5.74, 6) is 0.766. The Morgan fingerprint density at radius 2 is 2.20 bits per heavy atom. The zero-order valence-corrected chi connectivity index (χ0v) is 14.8. The lowest BCUT2D eigenvalue weighted by atomic mass is 10.1. The smallest absolute Gasteiger partial charge is 0.318 e. The van der Waals surface area contributed by atoms with Gasteiger partial charge in [0.25, 0.3) is 0 Å². The van der Waals surface area contributed by atoms with Crippen molar-refractivity contribution in [1.82, 2.24) is 15.4 Å². The van der Waals surface area contributed by atoms with Crippen LogP contribution in [-0.2, 0) is 17.9 Å². The predicted octanol–water partition coefficient (Wildman–Crippen LogP) is 3.57. The summed E-state index contributed by atoms with van der Waals surface area (Å²) in [6.45, 7) is 6.32. The van der Waals surface area contributed by atoms with Crippen LogP contribution in [0.4, 0.5) is 4.79 Å². The molecule has 3 rings (SSSR count). The van der Waals surface area contributed by atoms with E-state index in [4.69, 9.17) is 9.26 Å². The molecule has 0 spiro atoms. The number of aromatic nitrogens is 1. The number of hydrogen-bond donors (Lipinski definition) is 1. The second kappa shape index (κ2) is 8.16. The zero-order valence-electron chi connectivity index (χ0n) is 14.8. The molecule has 1 saturated heterocycles. The first-order valence-corrected chi connectivity index (χ1v) is 8.81. The van der Waals surface area contributed by atoms with Crippen molar-refractivity contribution in [1.29, 1.82) is 0 Å². The maximum atomic E-state index is 12.7. The molecule has 134 valence electrons. The molecule has 2 amide bonds. The Kier molecular flexibility index (Phi) is 5.71. The first-order valence-electron chi connectivity index (χ1n) is 8.81. The SMILES string of the molecule is CCOCc1ccccc1CNC(=O)N1CCC[C@H]1c1cc(C)no1. The van der Waals surface area contributed by atoms with E-state index in [1.165, 1.54) is 0 Å². The maximum absolute atomic E-state index is 12.7. The first kappa shape index (κ1) is 17.5. The fourth-order valence-electron chi connectivity index (χ4n) is 3.20. The van der Waals surface area contributed by atoms with E-state index < -0.39 is 0 Å². The molecule has 1 aromatic heterocycles. The largest absolute Gasteiger partial charge is 0.377 e. The van der Waals surface area contributed by atoms with E-state index in [-0.39, 0.29) is 12.1 Å². The molecule has 1 aliphatic heterocycles. The van der Waals surface area contributed by atoms with Gasteiger partial charge in [-0.05, 0) is 37.8 Å². The molecule has 0 unspecified atom stereocenters. The Morgan fingerprint density at radius 1 is 1.40 bits per heavy atom. The molecule has 6 nitrogen and oxygen atoms in total. The van der Waals surface area contributed by atoms with Crippen LogP contribution in [0.15, 0.2) is 34.9 Å². The standard InChI is InChI=1S/C19H25N3O3/c1-3-24-13-16-8-5-4-7-15(16)12-20-19(23)22-10-6-9-17(22)18-11-14(2)21-25-18/h4-5,7-8,11,17H,3,6,9-10,12-13H2,1-2H3,(H,20,23)/t17-/m0/s1. The van der Waals surface area contributed by atoms with E-state index in [1.807, 2.05) is 49.1 Å². The lowest BCUT2D eigenvalue weighted by Gasteiger charge is -2.23. The van der Waals surface area contributed by atoms with E-state index in [2.05, 4.69) is 10.5 Å². The van der Waals surface area contributed by atoms with Crippen LogP contribution in [0.1, 0.15) is 48.4 Å². The molecule has 1 fully saturated rings. The molecule has 1 aromatic carbocycles. The molecule has 6 heteroatoms. The van der Waals surface area contributed by atoms with Gasteiger partial charge in [-0.2, -0.15) is 0 Å². The molecular weight excluding hydrogens is 318 g/mol. The van der Waals surface area contributed by atoms with Gasteiger partial charge < -0.3 is 19.5 Å². The molecule has 1 aliphatic rings. The number of nitrogens with one attached hydrogen (secondary N) is 1. The highest BCUT2D eigenvalue weighted by Crippen LogP contribution is 2.32. The summed E-state index contributed by atoms with van der Waals surface area (Å²) in [5.41, 5.74) is 3.02. The van der Waals surface area contributed by atoms with Crippen molar-refractivity contribution in [3.63, 3.8) is 0 Å². The average Bonchev–Trinajstić information content (AvgIpc) is 3.27. The third-order valence-electron chi connectivity index (χ3n) is 4.50. The Balaban J connectivity index is 1.62. The van der Waals surface area contributed by atoms with Crippen LogP contribution in [0, 0.1) is 6.92 Å². The second-order valence-corrected chi connectivity index (χ2v) is 6.29. The highest BCUT2D eigenvalue weighted by Gasteiger charge is 2.32. The number of urea groups is 1. The van der Waals surface area contributed by atoms with E-state index in [0.717, 1.165) is 42.0 Å². The van der Waals surface area contributed by atoms with Crippen molar-refractivity contribution in [2.45, 2.75) is 45.9 Å². The number of carbonyl (C=O) groups excluding carboxylic acids is 1. The van der Waals surface area contributed by atoms with Gasteiger partial charge in [-0.15, -0.1) is 0 Å². The normalized spacial score (nSPS) is 17.0. The summed E-state index contributed by atoms with van der Waals surface area (Å²) in [7, 11) is 0. The predicted molar refractivity (Wildman–Crippen MR) is 93.9 cm³/mol. The number of hydrogen-bond acceptors (Lipinski definition) is 4. The number of ether oxygens (including phenoxy) is 1. The van der Waals surface area contributed by atoms with Crippen LogP contribution in [0.2, 0.25) is 0 Å². The van der Waals surface area contributed by atoms with Gasteiger partial charge in [-0.3, -0.25) is 0 Å². The van der Waals surface area contributed by atoms with Crippen molar-refractivity contribution in [2.24, 2.45) is 0 Å². The molecule has 1 N–H and O–H groups in total. The minimum absolute atomic E-state index is 0.0279. The lowest BCUT2D eigenvalue weighted by molar-refractivity contribution is 0.133. The van der Waals surface area contributed by atoms with Gasteiger partial charge in [0.2, 0.25) is 0 Å². The van der Waals surface area contributed by atoms with Crippen LogP contribution in [0.3, 0.4) is 0 Å². The molecule has 2 aromatic rings. The molecule has 1 atom stereocenters. The fourth-order valence-corrected chi connectivity index (χ4v) is 3.20. The number of nitrogens with zero attached hydrogens (tertiary/aromatic N) is 2. The summed E-state index contributed by atoms with van der Waals surface area (Å²) < 4.78 is 10.9. The summed E-state index contributed by atoms with van der Waals surface area (Å²) in [6, 6.07) is 9.84. The van der Waals surface area contributed by atoms with Crippen molar-refractivity contribution in [3.05, 3.63) is 52.9 Å². The Morgan fingerprint density at radius 3 is 2.92 bits per heavy atom. The first-order chi connectivity index (χ1) is 12.2. The van der Waals surface area contributed by atoms with E-state index in [1.54, 1.807) is 0 Å². The number of aryl methyl sites for hydroxylation is 1. The molecule has 0 aliphatic carbocycles. The van der Waals surface area contributed by atoms with Gasteiger partial charge in [0, 0.05) is 25.8 Å². The third kappa shape index (κ3) is 4.20. The van der Waals surface area contributed by atoms with Gasteiger partial charge in [0.05, 0.1) is 18.3 Å². The monoisotopic (exact) mass is 343 g/mol. The Hall–Kier alpha value is -2.34. The number of rotatable bonds is 6. The Bertz CT molecular complexity index is 713. The van der Waals surface area contributed by atoms with Gasteiger partial charge in [-0.1, -0.05) is 29.4 Å². The highest BCUT2D eigenvalue weighted by atomic mass is 16.5. The van der Waals surface area contributed by atoms with Crippen LogP contribution in [-0.4, -0.2) is 29.2 Å². The number of carbonyl (C=O) groups is 1. The van der Waals surface area contributed by atoms with Crippen molar-refractivity contribution >= 4 is 6.03 Å². The van der Waals surface area contributed by atoms with Gasteiger partial charge in [0.1, 0.15) is 0 Å². The summed E-state index contributed by atoms with van der Waals surface area (Å²) in [4.78, 5) is 14.5. The van der Waals surface area contributed by atoms with E-state index in [9.17, 15) is 4.79 Å². The summed E-state index contributed by atoms with van der Waals surface area (Å²) >= 11 is 0. The minimum atomic E-state index is -0.0669. The highest BCUT2D eigenvalue weighted by molar-refractivity contribution is 5.75. The van der Waals surface area contributed by atoms with Gasteiger partial charge in [-0.25, -0.2) is 4.79 Å². The van der Waals surface area contributed by atoms with Crippen LogP contribution in [0.25, 0.3) is 0 Å². The topological polar surface area (TPSA) is 67.6 Å². The fraction of sp³-hybridized carbons (Fsp3) is 0.474. The molecule has 2 heterocycles. The quantitative estimate of drug-likeness (QED) is 0.871. The maximum Gasteiger partial charge on any atom is 0.318 e. The van der Waals surface area contributed by atoms with Crippen LogP contribution >= 0.6 is 0 Å². The zero-order chi connectivity index (χ0) is 17.6. The van der Waals surface area contributed by atoms with Crippen molar-refractivity contribution in [2.75, 3.05) is 13.2 Å². The number of likely N-dealkylation sites (tertiary alicyclic amines) is 1. The lowest BCUT2D eigenvalue weighted by Crippen LogP contribution is -2.39. The number of benzene rings is 1. The molecule has 0 saturated carbocycles. The summed E-state index contributed by atoms with van der Waals surface area (Å²) in [6.07, 6.45) is 1.88. The molecule has 0 radical (unpaired) electrons. The van der Waals surface area contributed by atoms with Crippen LogP contribution in [0.5, 0.6) is 0 Å². The van der Waals surface area contributed by atoms with Gasteiger partial charge in [0.15, 0.2) is 5.76 Å². The third-order valence-corrected chi connectivity index (χ3v) is 4.50. The van der Waals surface area contributed by atoms with Crippen LogP contribution < -0.4 is 5.32 Å². The second-order valence-electron chi connectivity index (χ2n) is 6.29. The average molecular weight is 343 g/mol. The Labute approximate surface area is 148 Å². The number of amides is 2. The molecular formula is C19H25N3O3. The van der Waals surface area contributed by atoms with Crippen molar-refractivity contribution < 1.29 is 14.1 Å². The summed E-state index contributed by atoms with van der Waals surface area (Å²) in [5, 5.41) is 6.98. The molecule has 25 heavy (non-hydrogen) atoms. The van der Waals surface area contributed by atoms with E-state index >= 15 is 0 Å².